The number of H-pyrrole nitrogens is 1. The largest absolute Gasteiger partial charge is 0.488 e. The maximum Gasteiger partial charge on any atom is 0.270 e. The van der Waals surface area contributed by atoms with Gasteiger partial charge in [0.25, 0.3) is 5.56 Å². The van der Waals surface area contributed by atoms with Crippen molar-refractivity contribution in [1.29, 1.82) is 5.26 Å². The zero-order chi connectivity index (χ0) is 17.0. The van der Waals surface area contributed by atoms with Crippen LogP contribution in [0.2, 0.25) is 0 Å². The van der Waals surface area contributed by atoms with Crippen molar-refractivity contribution in [1.82, 2.24) is 9.97 Å². The average Bonchev–Trinajstić information content (AvgIpc) is 2.53. The van der Waals surface area contributed by atoms with Crippen LogP contribution in [-0.4, -0.2) is 22.8 Å². The van der Waals surface area contributed by atoms with Gasteiger partial charge in [0.05, 0.1) is 12.3 Å². The van der Waals surface area contributed by atoms with Crippen LogP contribution in [0.4, 0.5) is 8.78 Å². The van der Waals surface area contributed by atoms with Gasteiger partial charge >= 0.3 is 0 Å². The lowest BCUT2D eigenvalue weighted by molar-refractivity contribution is 0.285. The topological polar surface area (TPSA) is 78.8 Å². The Labute approximate surface area is 135 Å². The Morgan fingerprint density at radius 3 is 2.57 bits per heavy atom. The van der Waals surface area contributed by atoms with Crippen LogP contribution < -0.4 is 10.3 Å². The molecule has 1 aromatic heterocycles. The minimum atomic E-state index is -0.912. The Bertz CT molecular complexity index is 807. The van der Waals surface area contributed by atoms with Crippen molar-refractivity contribution in [2.75, 3.05) is 12.9 Å². The fraction of sp³-hybridized carbons (Fsp3) is 0.267. The molecule has 0 saturated heterocycles. The second-order valence-electron chi connectivity index (χ2n) is 4.53. The van der Waals surface area contributed by atoms with Crippen LogP contribution in [0.5, 0.6) is 5.75 Å². The van der Waals surface area contributed by atoms with Crippen LogP contribution in [0, 0.1) is 23.0 Å². The summed E-state index contributed by atoms with van der Waals surface area (Å²) < 4.78 is 33.2. The highest BCUT2D eigenvalue weighted by atomic mass is 32.2. The number of aromatic nitrogens is 2. The van der Waals surface area contributed by atoms with E-state index in [0.29, 0.717) is 6.42 Å². The van der Waals surface area contributed by atoms with Gasteiger partial charge in [-0.25, -0.2) is 13.8 Å². The molecule has 5 nitrogen and oxygen atoms in total. The van der Waals surface area contributed by atoms with Crippen LogP contribution in [0.1, 0.15) is 18.9 Å². The number of benzene rings is 1. The van der Waals surface area contributed by atoms with Gasteiger partial charge in [-0.05, 0) is 24.8 Å². The Morgan fingerprint density at radius 2 is 2.04 bits per heavy atom. The maximum atomic E-state index is 14.1. The van der Waals surface area contributed by atoms with Crippen molar-refractivity contribution in [3.8, 4) is 23.1 Å². The zero-order valence-electron chi connectivity index (χ0n) is 12.4. The predicted octanol–water partition coefficient (Wildman–Crippen LogP) is 3.10. The van der Waals surface area contributed by atoms with Crippen molar-refractivity contribution in [2.24, 2.45) is 0 Å². The van der Waals surface area contributed by atoms with Crippen LogP contribution >= 0.6 is 11.8 Å². The van der Waals surface area contributed by atoms with E-state index in [2.05, 4.69) is 9.97 Å². The first-order valence-corrected chi connectivity index (χ1v) is 7.94. The molecule has 1 N–H and O–H groups in total. The molecule has 0 spiro atoms. The minimum Gasteiger partial charge on any atom is -0.488 e. The Morgan fingerprint density at radius 1 is 1.39 bits per heavy atom. The summed E-state index contributed by atoms with van der Waals surface area (Å²) in [4.78, 5) is 18.4. The van der Waals surface area contributed by atoms with Crippen molar-refractivity contribution < 1.29 is 13.5 Å². The molecule has 0 amide bonds. The highest BCUT2D eigenvalue weighted by Crippen LogP contribution is 2.29. The third kappa shape index (κ3) is 3.51. The molecule has 0 aliphatic rings. The molecule has 0 atom stereocenters. The van der Waals surface area contributed by atoms with Gasteiger partial charge in [0.2, 0.25) is 0 Å². The Hall–Kier alpha value is -2.40. The van der Waals surface area contributed by atoms with Gasteiger partial charge < -0.3 is 9.72 Å². The molecule has 0 aliphatic carbocycles. The number of nitriles is 1. The molecule has 0 fully saturated rings. The van der Waals surface area contributed by atoms with Crippen LogP contribution in [0.25, 0.3) is 11.3 Å². The maximum absolute atomic E-state index is 14.1. The Kier molecular flexibility index (Phi) is 5.34. The van der Waals surface area contributed by atoms with E-state index < -0.39 is 22.9 Å². The summed E-state index contributed by atoms with van der Waals surface area (Å²) in [5, 5.41) is 9.35. The second kappa shape index (κ2) is 7.24. The third-order valence-corrected chi connectivity index (χ3v) is 3.51. The lowest BCUT2D eigenvalue weighted by Gasteiger charge is -2.10. The molecule has 0 unspecified atom stereocenters. The highest BCUT2D eigenvalue weighted by Gasteiger charge is 2.18. The van der Waals surface area contributed by atoms with Gasteiger partial charge in [-0.2, -0.15) is 5.26 Å². The number of nitrogens with one attached hydrogen (secondary N) is 1. The molecule has 0 bridgehead atoms. The summed E-state index contributed by atoms with van der Waals surface area (Å²) in [7, 11) is 0. The molecule has 1 heterocycles. The van der Waals surface area contributed by atoms with Gasteiger partial charge in [-0.3, -0.25) is 4.79 Å². The van der Waals surface area contributed by atoms with Gasteiger partial charge in [-0.1, -0.05) is 18.7 Å². The number of nitrogens with zero attached hydrogens (tertiary/aromatic N) is 2. The van der Waals surface area contributed by atoms with E-state index in [0.717, 1.165) is 23.9 Å². The van der Waals surface area contributed by atoms with E-state index >= 15 is 0 Å². The monoisotopic (exact) mass is 337 g/mol. The summed E-state index contributed by atoms with van der Waals surface area (Å²) in [5.74, 6) is -2.31. The molecule has 2 aromatic rings. The van der Waals surface area contributed by atoms with Crippen LogP contribution in [0.15, 0.2) is 22.1 Å². The smallest absolute Gasteiger partial charge is 0.270 e. The Balaban J connectivity index is 2.62. The second-order valence-corrected chi connectivity index (χ2v) is 5.32. The number of thioether (sulfide) groups is 1. The summed E-state index contributed by atoms with van der Waals surface area (Å²) in [6.45, 7) is 1.99. The van der Waals surface area contributed by atoms with E-state index in [4.69, 9.17) is 10.00 Å². The standard InChI is InChI=1S/C15H13F2N3O2S/c1-3-4-22-13-10(16)5-8(6-11(13)17)12-9(7-18)14(21)20-15(19-12)23-2/h5-6H,3-4H2,1-2H3,(H,19,20,21). The number of hydrogen-bond donors (Lipinski definition) is 1. The predicted molar refractivity (Wildman–Crippen MR) is 82.5 cm³/mol. The average molecular weight is 337 g/mol. The molecule has 1 aromatic carbocycles. The first-order valence-electron chi connectivity index (χ1n) is 6.72. The molecule has 8 heteroatoms. The van der Waals surface area contributed by atoms with Gasteiger partial charge in [0.15, 0.2) is 22.5 Å². The number of ether oxygens (including phenoxy) is 1. The first kappa shape index (κ1) is 17.0. The molecular formula is C15H13F2N3O2S. The normalized spacial score (nSPS) is 10.4. The first-order chi connectivity index (χ1) is 11.0. The summed E-state index contributed by atoms with van der Waals surface area (Å²) in [6, 6.07) is 3.71. The highest BCUT2D eigenvalue weighted by molar-refractivity contribution is 7.98. The van der Waals surface area contributed by atoms with E-state index in [1.807, 2.05) is 6.92 Å². The fourth-order valence-corrected chi connectivity index (χ4v) is 2.28. The molecule has 120 valence electrons. The molecular weight excluding hydrogens is 324 g/mol. The van der Waals surface area contributed by atoms with Gasteiger partial charge in [0, 0.05) is 5.56 Å². The molecule has 23 heavy (non-hydrogen) atoms. The van der Waals surface area contributed by atoms with Crippen molar-refractivity contribution in [3.05, 3.63) is 39.7 Å². The molecule has 2 rings (SSSR count). The van der Waals surface area contributed by atoms with E-state index in [9.17, 15) is 13.6 Å². The van der Waals surface area contributed by atoms with Crippen molar-refractivity contribution in [3.63, 3.8) is 0 Å². The quantitative estimate of drug-likeness (QED) is 0.670. The third-order valence-electron chi connectivity index (χ3n) is 2.93. The number of halogens is 2. The SMILES string of the molecule is CCCOc1c(F)cc(-c2nc(SC)[nH]c(=O)c2C#N)cc1F. The molecule has 0 saturated carbocycles. The van der Waals surface area contributed by atoms with E-state index in [1.54, 1.807) is 12.3 Å². The van der Waals surface area contributed by atoms with Gasteiger partial charge in [0.1, 0.15) is 11.6 Å². The van der Waals surface area contributed by atoms with E-state index in [-0.39, 0.29) is 28.6 Å². The fourth-order valence-electron chi connectivity index (χ4n) is 1.90. The van der Waals surface area contributed by atoms with Gasteiger partial charge in [-0.15, -0.1) is 0 Å². The lowest BCUT2D eigenvalue weighted by atomic mass is 10.1. The summed E-state index contributed by atoms with van der Waals surface area (Å²) in [6.07, 6.45) is 2.28. The van der Waals surface area contributed by atoms with E-state index in [1.165, 1.54) is 0 Å². The van der Waals surface area contributed by atoms with Crippen molar-refractivity contribution >= 4 is 11.8 Å². The van der Waals surface area contributed by atoms with Crippen molar-refractivity contribution in [2.45, 2.75) is 18.5 Å². The summed E-state index contributed by atoms with van der Waals surface area (Å²) in [5.41, 5.74) is -1.03. The summed E-state index contributed by atoms with van der Waals surface area (Å²) >= 11 is 1.15. The minimum absolute atomic E-state index is 0.00167. The van der Waals surface area contributed by atoms with Crippen LogP contribution in [-0.2, 0) is 0 Å². The molecule has 0 radical (unpaired) electrons. The number of rotatable bonds is 5. The number of hydrogen-bond acceptors (Lipinski definition) is 5. The molecule has 0 aliphatic heterocycles. The van der Waals surface area contributed by atoms with Crippen LogP contribution in [0.3, 0.4) is 0 Å². The number of aromatic amines is 1. The zero-order valence-corrected chi connectivity index (χ0v) is 13.3. The lowest BCUT2D eigenvalue weighted by Crippen LogP contribution is -2.14.